The molecule has 0 aliphatic heterocycles. The van der Waals surface area contributed by atoms with Crippen LogP contribution in [-0.4, -0.2) is 9.72 Å². The monoisotopic (exact) mass is 312 g/mol. The first-order valence-corrected chi connectivity index (χ1v) is 8.84. The van der Waals surface area contributed by atoms with Gasteiger partial charge in [-0.15, -0.1) is 0 Å². The first kappa shape index (κ1) is 14.7. The predicted octanol–water partition coefficient (Wildman–Crippen LogP) is 3.80. The molecule has 4 rings (SSSR count). The molecule has 2 aliphatic carbocycles. The van der Waals surface area contributed by atoms with E-state index >= 15 is 0 Å². The minimum absolute atomic E-state index is 0.145. The summed E-state index contributed by atoms with van der Waals surface area (Å²) >= 11 is 0. The average molecular weight is 312 g/mol. The van der Waals surface area contributed by atoms with Crippen LogP contribution >= 0.6 is 0 Å². The van der Waals surface area contributed by atoms with E-state index in [9.17, 15) is 4.79 Å². The zero-order chi connectivity index (χ0) is 16.0. The maximum absolute atomic E-state index is 13.2. The molecule has 4 heteroatoms. The molecule has 4 nitrogen and oxygen atoms in total. The minimum Gasteiger partial charge on any atom is -0.361 e. The van der Waals surface area contributed by atoms with Crippen LogP contribution in [0.5, 0.6) is 0 Å². The molecule has 0 saturated heterocycles. The Hall–Kier alpha value is -1.84. The lowest BCUT2D eigenvalue weighted by Gasteiger charge is -2.29. The van der Waals surface area contributed by atoms with E-state index in [1.54, 1.807) is 0 Å². The zero-order valence-electron chi connectivity index (χ0n) is 14.0. The molecule has 0 amide bonds. The van der Waals surface area contributed by atoms with Crippen molar-refractivity contribution in [3.63, 3.8) is 0 Å². The van der Waals surface area contributed by atoms with Crippen molar-refractivity contribution >= 4 is 0 Å². The summed E-state index contributed by atoms with van der Waals surface area (Å²) < 4.78 is 7.39. The third-order valence-corrected chi connectivity index (χ3v) is 5.57. The number of aryl methyl sites for hydroxylation is 3. The molecule has 0 bridgehead atoms. The van der Waals surface area contributed by atoms with Crippen molar-refractivity contribution in [2.24, 2.45) is 5.92 Å². The molecule has 0 radical (unpaired) electrons. The molecule has 2 aromatic heterocycles. The Labute approximate surface area is 136 Å². The maximum Gasteiger partial charge on any atom is 0.258 e. The SMILES string of the molecule is Cc1noc(C)c1-c1cc2c(n(CC3CCC3)c1=O)CCCC2. The molecule has 2 heterocycles. The van der Waals surface area contributed by atoms with E-state index in [1.165, 1.54) is 43.4 Å². The maximum atomic E-state index is 13.2. The summed E-state index contributed by atoms with van der Waals surface area (Å²) in [7, 11) is 0. The highest BCUT2D eigenvalue weighted by atomic mass is 16.5. The number of fused-ring (bicyclic) bond motifs is 1. The van der Waals surface area contributed by atoms with Crippen LogP contribution < -0.4 is 5.56 Å². The molecule has 23 heavy (non-hydrogen) atoms. The second kappa shape index (κ2) is 5.66. The zero-order valence-corrected chi connectivity index (χ0v) is 14.0. The lowest BCUT2D eigenvalue weighted by molar-refractivity contribution is 0.269. The predicted molar refractivity (Wildman–Crippen MR) is 89.7 cm³/mol. The molecule has 2 aliphatic rings. The van der Waals surface area contributed by atoms with Gasteiger partial charge in [0.05, 0.1) is 16.8 Å². The second-order valence-corrected chi connectivity index (χ2v) is 7.15. The molecule has 1 fully saturated rings. The van der Waals surface area contributed by atoms with Crippen LogP contribution in [0, 0.1) is 19.8 Å². The molecule has 0 unspecified atom stereocenters. The van der Waals surface area contributed by atoms with Crippen LogP contribution in [0.4, 0.5) is 0 Å². The van der Waals surface area contributed by atoms with Gasteiger partial charge in [0.15, 0.2) is 0 Å². The summed E-state index contributed by atoms with van der Waals surface area (Å²) in [4.78, 5) is 13.2. The molecule has 0 N–H and O–H groups in total. The number of hydrogen-bond donors (Lipinski definition) is 0. The molecule has 0 atom stereocenters. The van der Waals surface area contributed by atoms with Gasteiger partial charge in [-0.05, 0) is 69.9 Å². The van der Waals surface area contributed by atoms with Crippen molar-refractivity contribution in [1.29, 1.82) is 0 Å². The summed E-state index contributed by atoms with van der Waals surface area (Å²) in [5.74, 6) is 1.42. The van der Waals surface area contributed by atoms with E-state index in [2.05, 4.69) is 15.8 Å². The lowest BCUT2D eigenvalue weighted by Crippen LogP contribution is -2.32. The van der Waals surface area contributed by atoms with Crippen LogP contribution in [0.1, 0.15) is 54.8 Å². The van der Waals surface area contributed by atoms with E-state index in [-0.39, 0.29) is 5.56 Å². The Bertz CT molecular complexity index is 777. The van der Waals surface area contributed by atoms with Gasteiger partial charge in [-0.25, -0.2) is 0 Å². The third kappa shape index (κ3) is 2.44. The Morgan fingerprint density at radius 3 is 2.65 bits per heavy atom. The van der Waals surface area contributed by atoms with Crippen LogP contribution in [0.3, 0.4) is 0 Å². The van der Waals surface area contributed by atoms with Crippen molar-refractivity contribution in [3.05, 3.63) is 39.1 Å². The molecule has 2 aromatic rings. The standard InChI is InChI=1S/C19H24N2O2/c1-12-18(13(2)23-20-12)16-10-15-8-3-4-9-17(15)21(19(16)22)11-14-6-5-7-14/h10,14H,3-9,11H2,1-2H3. The summed E-state index contributed by atoms with van der Waals surface area (Å²) in [5, 5.41) is 4.04. The summed E-state index contributed by atoms with van der Waals surface area (Å²) in [6.45, 7) is 4.70. The summed E-state index contributed by atoms with van der Waals surface area (Å²) in [6.07, 6.45) is 8.37. The molecular formula is C19H24N2O2. The molecule has 0 spiro atoms. The first-order chi connectivity index (χ1) is 11.1. The number of nitrogens with zero attached hydrogens (tertiary/aromatic N) is 2. The van der Waals surface area contributed by atoms with Gasteiger partial charge in [-0.3, -0.25) is 4.79 Å². The van der Waals surface area contributed by atoms with E-state index in [4.69, 9.17) is 4.52 Å². The highest BCUT2D eigenvalue weighted by Gasteiger charge is 2.25. The number of rotatable bonds is 3. The van der Waals surface area contributed by atoms with E-state index in [1.807, 2.05) is 13.8 Å². The quantitative estimate of drug-likeness (QED) is 0.866. The van der Waals surface area contributed by atoms with Crippen LogP contribution in [0.2, 0.25) is 0 Å². The molecule has 122 valence electrons. The fourth-order valence-corrected chi connectivity index (χ4v) is 4.05. The largest absolute Gasteiger partial charge is 0.361 e. The highest BCUT2D eigenvalue weighted by Crippen LogP contribution is 2.32. The fraction of sp³-hybridized carbons (Fsp3) is 0.579. The van der Waals surface area contributed by atoms with Crippen LogP contribution in [0.25, 0.3) is 11.1 Å². The van der Waals surface area contributed by atoms with Crippen molar-refractivity contribution in [3.8, 4) is 11.1 Å². The topological polar surface area (TPSA) is 48.0 Å². The van der Waals surface area contributed by atoms with E-state index < -0.39 is 0 Å². The van der Waals surface area contributed by atoms with Gasteiger partial charge in [-0.1, -0.05) is 11.6 Å². The Morgan fingerprint density at radius 2 is 2.00 bits per heavy atom. The number of pyridine rings is 1. The van der Waals surface area contributed by atoms with Gasteiger partial charge < -0.3 is 9.09 Å². The number of aromatic nitrogens is 2. The Kier molecular flexibility index (Phi) is 3.63. The van der Waals surface area contributed by atoms with Crippen molar-refractivity contribution in [2.75, 3.05) is 0 Å². The minimum atomic E-state index is 0.145. The lowest BCUT2D eigenvalue weighted by atomic mass is 9.84. The molecule has 1 saturated carbocycles. The molecule has 0 aromatic carbocycles. The highest BCUT2D eigenvalue weighted by molar-refractivity contribution is 5.67. The van der Waals surface area contributed by atoms with Crippen LogP contribution in [-0.2, 0) is 19.4 Å². The summed E-state index contributed by atoms with van der Waals surface area (Å²) in [5.41, 5.74) is 5.26. The van der Waals surface area contributed by atoms with Gasteiger partial charge >= 0.3 is 0 Å². The first-order valence-electron chi connectivity index (χ1n) is 8.84. The van der Waals surface area contributed by atoms with Crippen molar-refractivity contribution < 1.29 is 4.52 Å². The van der Waals surface area contributed by atoms with Crippen molar-refractivity contribution in [1.82, 2.24) is 9.72 Å². The van der Waals surface area contributed by atoms with E-state index in [0.29, 0.717) is 5.92 Å². The van der Waals surface area contributed by atoms with E-state index in [0.717, 1.165) is 42.0 Å². The van der Waals surface area contributed by atoms with Gasteiger partial charge in [-0.2, -0.15) is 0 Å². The van der Waals surface area contributed by atoms with Crippen LogP contribution in [0.15, 0.2) is 15.4 Å². The van der Waals surface area contributed by atoms with Crippen molar-refractivity contribution in [2.45, 2.75) is 65.3 Å². The summed E-state index contributed by atoms with van der Waals surface area (Å²) in [6, 6.07) is 2.11. The van der Waals surface area contributed by atoms with Gasteiger partial charge in [0, 0.05) is 12.2 Å². The van der Waals surface area contributed by atoms with Gasteiger partial charge in [0.1, 0.15) is 5.76 Å². The third-order valence-electron chi connectivity index (χ3n) is 5.57. The second-order valence-electron chi connectivity index (χ2n) is 7.15. The van der Waals surface area contributed by atoms with Gasteiger partial charge in [0.2, 0.25) is 0 Å². The average Bonchev–Trinajstić information content (AvgIpc) is 2.83. The number of hydrogen-bond acceptors (Lipinski definition) is 3. The smallest absolute Gasteiger partial charge is 0.258 e. The normalized spacial score (nSPS) is 17.8. The fourth-order valence-electron chi connectivity index (χ4n) is 4.05. The van der Waals surface area contributed by atoms with Gasteiger partial charge in [0.25, 0.3) is 5.56 Å². The molecular weight excluding hydrogens is 288 g/mol. The Balaban J connectivity index is 1.90. The Morgan fingerprint density at radius 1 is 1.22 bits per heavy atom.